The maximum Gasteiger partial charge on any atom is 0.220 e. The van der Waals surface area contributed by atoms with Crippen LogP contribution in [0, 0.1) is 0 Å². The summed E-state index contributed by atoms with van der Waals surface area (Å²) in [5.41, 5.74) is 0. The first kappa shape index (κ1) is 65.1. The molecule has 0 aliphatic carbocycles. The Morgan fingerprint density at radius 1 is 0.500 bits per heavy atom. The molecule has 7 unspecified atom stereocenters. The van der Waals surface area contributed by atoms with Crippen LogP contribution in [0.15, 0.2) is 97.2 Å². The van der Waals surface area contributed by atoms with E-state index in [4.69, 9.17) is 9.47 Å². The molecule has 1 aliphatic rings. The third kappa shape index (κ3) is 38.7. The van der Waals surface area contributed by atoms with Crippen molar-refractivity contribution in [3.8, 4) is 0 Å². The molecule has 0 saturated carbocycles. The van der Waals surface area contributed by atoms with Crippen molar-refractivity contribution >= 4 is 5.91 Å². The van der Waals surface area contributed by atoms with Crippen LogP contribution in [0.25, 0.3) is 0 Å². The molecule has 1 amide bonds. The summed E-state index contributed by atoms with van der Waals surface area (Å²) in [5.74, 6) is -0.194. The topological polar surface area (TPSA) is 149 Å². The van der Waals surface area contributed by atoms with Gasteiger partial charge in [-0.2, -0.15) is 0 Å². The van der Waals surface area contributed by atoms with Crippen molar-refractivity contribution in [1.82, 2.24) is 5.32 Å². The first-order valence-corrected chi connectivity index (χ1v) is 28.5. The zero-order valence-electron chi connectivity index (χ0n) is 44.5. The molecule has 70 heavy (non-hydrogen) atoms. The standard InChI is InChI=1S/C61H105NO8/c1-3-5-7-9-11-13-15-17-19-20-21-22-23-24-25-26-27-28-29-30-31-32-33-34-35-36-37-39-41-43-45-47-49-51-57(65)62-54(53-69-61-60(68)59(67)58(66)56(52-63)70-61)55(64)50-48-46-44-42-40-38-18-16-14-12-10-8-6-4-2/h5,7,11,13-14,16-17,19,21-22,24-25,40,42,48,50,54-56,58-61,63-64,66-68H,3-4,6,8-10,12,15,18,20,23,26-39,41,43-47,49,51-53H2,1-2H3,(H,62,65)/b7-5-,13-11-,16-14+,19-17-,22-21-,25-24-,42-40+,50-48+. The number of carbonyl (C=O) groups excluding carboxylic acids is 1. The van der Waals surface area contributed by atoms with Crippen LogP contribution in [0.5, 0.6) is 0 Å². The number of nitrogens with one attached hydrogen (secondary N) is 1. The Kier molecular flexibility index (Phi) is 46.2. The van der Waals surface area contributed by atoms with Gasteiger partial charge < -0.3 is 40.3 Å². The third-order valence-corrected chi connectivity index (χ3v) is 12.9. The highest BCUT2D eigenvalue weighted by atomic mass is 16.7. The van der Waals surface area contributed by atoms with Crippen LogP contribution < -0.4 is 5.32 Å². The van der Waals surface area contributed by atoms with Gasteiger partial charge in [0.25, 0.3) is 0 Å². The predicted molar refractivity (Wildman–Crippen MR) is 294 cm³/mol. The average Bonchev–Trinajstić information content (AvgIpc) is 3.36. The normalized spacial score (nSPS) is 20.1. The maximum absolute atomic E-state index is 13.0. The first-order valence-electron chi connectivity index (χ1n) is 28.5. The van der Waals surface area contributed by atoms with Crippen molar-refractivity contribution in [2.75, 3.05) is 13.2 Å². The second-order valence-corrected chi connectivity index (χ2v) is 19.3. The molecule has 1 rings (SSSR count). The molecular weight excluding hydrogens is 875 g/mol. The van der Waals surface area contributed by atoms with Gasteiger partial charge in [0.2, 0.25) is 5.91 Å². The van der Waals surface area contributed by atoms with Crippen molar-refractivity contribution in [3.63, 3.8) is 0 Å². The molecule has 0 aromatic carbocycles. The van der Waals surface area contributed by atoms with E-state index in [1.54, 1.807) is 6.08 Å². The smallest absolute Gasteiger partial charge is 0.220 e. The molecule has 402 valence electrons. The van der Waals surface area contributed by atoms with Crippen LogP contribution in [0.1, 0.15) is 226 Å². The second-order valence-electron chi connectivity index (χ2n) is 19.3. The lowest BCUT2D eigenvalue weighted by molar-refractivity contribution is -0.302. The largest absolute Gasteiger partial charge is 0.394 e. The number of unbranched alkanes of at least 4 members (excludes halogenated alkanes) is 23. The van der Waals surface area contributed by atoms with Crippen molar-refractivity contribution in [2.45, 2.75) is 269 Å². The number of hydrogen-bond acceptors (Lipinski definition) is 8. The number of allylic oxidation sites excluding steroid dienone is 15. The van der Waals surface area contributed by atoms with Gasteiger partial charge in [-0.15, -0.1) is 0 Å². The number of rotatable bonds is 47. The van der Waals surface area contributed by atoms with Gasteiger partial charge in [0.05, 0.1) is 25.4 Å². The lowest BCUT2D eigenvalue weighted by atomic mass is 9.99. The Hall–Kier alpha value is -2.89. The molecule has 1 heterocycles. The summed E-state index contributed by atoms with van der Waals surface area (Å²) in [5, 5.41) is 54.4. The van der Waals surface area contributed by atoms with E-state index in [2.05, 4.69) is 104 Å². The molecule has 1 saturated heterocycles. The van der Waals surface area contributed by atoms with Crippen LogP contribution >= 0.6 is 0 Å². The Balaban J connectivity index is 2.16. The Bertz CT molecular complexity index is 1420. The number of aliphatic hydroxyl groups is 5. The fourth-order valence-corrected chi connectivity index (χ4v) is 8.39. The van der Waals surface area contributed by atoms with Gasteiger partial charge in [0, 0.05) is 6.42 Å². The molecule has 0 aromatic rings. The van der Waals surface area contributed by atoms with Crippen LogP contribution in [-0.2, 0) is 14.3 Å². The second kappa shape index (κ2) is 49.7. The number of hydrogen-bond donors (Lipinski definition) is 6. The Morgan fingerprint density at radius 2 is 0.900 bits per heavy atom. The monoisotopic (exact) mass is 980 g/mol. The molecule has 0 aromatic heterocycles. The fraction of sp³-hybridized carbons (Fsp3) is 0.721. The van der Waals surface area contributed by atoms with E-state index < -0.39 is 49.5 Å². The number of carbonyl (C=O) groups is 1. The van der Waals surface area contributed by atoms with E-state index in [1.165, 1.54) is 122 Å². The van der Waals surface area contributed by atoms with Gasteiger partial charge in [-0.1, -0.05) is 227 Å². The predicted octanol–water partition coefficient (Wildman–Crippen LogP) is 14.0. The minimum Gasteiger partial charge on any atom is -0.394 e. The number of amides is 1. The highest BCUT2D eigenvalue weighted by Crippen LogP contribution is 2.23. The van der Waals surface area contributed by atoms with Gasteiger partial charge in [-0.3, -0.25) is 4.79 Å². The minimum atomic E-state index is -1.58. The quantitative estimate of drug-likeness (QED) is 0.0261. The van der Waals surface area contributed by atoms with Crippen molar-refractivity contribution in [2.24, 2.45) is 0 Å². The van der Waals surface area contributed by atoms with Crippen molar-refractivity contribution < 1.29 is 39.8 Å². The summed E-state index contributed by atoms with van der Waals surface area (Å²) >= 11 is 0. The van der Waals surface area contributed by atoms with Gasteiger partial charge in [-0.05, 0) is 89.9 Å². The molecule has 0 radical (unpaired) electrons. The van der Waals surface area contributed by atoms with E-state index in [0.29, 0.717) is 6.42 Å². The average molecular weight is 981 g/mol. The highest BCUT2D eigenvalue weighted by molar-refractivity contribution is 5.76. The van der Waals surface area contributed by atoms with E-state index in [1.807, 2.05) is 6.08 Å². The molecule has 0 spiro atoms. The molecule has 1 fully saturated rings. The first-order chi connectivity index (χ1) is 34.3. The SMILES string of the molecule is CC/C=C\C/C=C\C/C=C\C/C=C\C/C=C\CCCCCCCCCCCCCCCCCCCC(=O)NC(COC1OC(CO)C(O)C(O)C1O)C(O)/C=C/CC/C=C/CC/C=C/CCCCCC. The van der Waals surface area contributed by atoms with Crippen LogP contribution in [0.4, 0.5) is 0 Å². The summed E-state index contributed by atoms with van der Waals surface area (Å²) < 4.78 is 11.2. The van der Waals surface area contributed by atoms with Gasteiger partial charge in [0.15, 0.2) is 6.29 Å². The van der Waals surface area contributed by atoms with E-state index in [0.717, 1.165) is 83.5 Å². The van der Waals surface area contributed by atoms with E-state index >= 15 is 0 Å². The zero-order chi connectivity index (χ0) is 50.8. The number of aliphatic hydroxyl groups excluding tert-OH is 5. The summed E-state index contributed by atoms with van der Waals surface area (Å²) in [6.07, 6.45) is 64.8. The van der Waals surface area contributed by atoms with Crippen LogP contribution in [0.2, 0.25) is 0 Å². The van der Waals surface area contributed by atoms with Gasteiger partial charge in [0.1, 0.15) is 24.4 Å². The molecule has 1 aliphatic heterocycles. The third-order valence-electron chi connectivity index (χ3n) is 12.9. The summed E-state index contributed by atoms with van der Waals surface area (Å²) in [7, 11) is 0. The Morgan fingerprint density at radius 3 is 1.37 bits per heavy atom. The minimum absolute atomic E-state index is 0.194. The molecule has 6 N–H and O–H groups in total. The summed E-state index contributed by atoms with van der Waals surface area (Å²) in [4.78, 5) is 13.0. The molecule has 7 atom stereocenters. The lowest BCUT2D eigenvalue weighted by Gasteiger charge is -2.40. The Labute approximate surface area is 428 Å². The van der Waals surface area contributed by atoms with E-state index in [9.17, 15) is 30.3 Å². The fourth-order valence-electron chi connectivity index (χ4n) is 8.39. The lowest BCUT2D eigenvalue weighted by Crippen LogP contribution is -2.60. The molecule has 9 heteroatoms. The zero-order valence-corrected chi connectivity index (χ0v) is 44.5. The van der Waals surface area contributed by atoms with Crippen LogP contribution in [-0.4, -0.2) is 87.5 Å². The van der Waals surface area contributed by atoms with Gasteiger partial charge >= 0.3 is 0 Å². The van der Waals surface area contributed by atoms with E-state index in [-0.39, 0.29) is 12.5 Å². The summed E-state index contributed by atoms with van der Waals surface area (Å²) in [6, 6.07) is -0.831. The molecule has 9 nitrogen and oxygen atoms in total. The summed E-state index contributed by atoms with van der Waals surface area (Å²) in [6.45, 7) is 3.61. The van der Waals surface area contributed by atoms with Gasteiger partial charge in [-0.25, -0.2) is 0 Å². The van der Waals surface area contributed by atoms with Crippen molar-refractivity contribution in [1.29, 1.82) is 0 Å². The van der Waals surface area contributed by atoms with Crippen LogP contribution in [0.3, 0.4) is 0 Å². The number of ether oxygens (including phenoxy) is 2. The maximum atomic E-state index is 13.0. The molecular formula is C61H105NO8. The molecule has 0 bridgehead atoms. The van der Waals surface area contributed by atoms with Crippen molar-refractivity contribution in [3.05, 3.63) is 97.2 Å². The highest BCUT2D eigenvalue weighted by Gasteiger charge is 2.44.